The molecular formula is C16H25IN4OS. The first kappa shape index (κ1) is 20.0. The van der Waals surface area contributed by atoms with E-state index in [0.717, 1.165) is 16.7 Å². The number of furan rings is 1. The van der Waals surface area contributed by atoms with Crippen LogP contribution >= 0.6 is 35.3 Å². The summed E-state index contributed by atoms with van der Waals surface area (Å²) in [6, 6.07) is 3.86. The first-order valence-electron chi connectivity index (χ1n) is 7.41. The molecule has 0 saturated heterocycles. The Balaban J connectivity index is 0.00000264. The summed E-state index contributed by atoms with van der Waals surface area (Å²) in [6.45, 7) is 7.85. The number of aromatic nitrogens is 1. The Morgan fingerprint density at radius 3 is 2.74 bits per heavy atom. The van der Waals surface area contributed by atoms with Gasteiger partial charge in [0.15, 0.2) is 5.96 Å². The summed E-state index contributed by atoms with van der Waals surface area (Å²) in [5, 5.41) is 4.45. The van der Waals surface area contributed by atoms with E-state index in [-0.39, 0.29) is 24.0 Å². The van der Waals surface area contributed by atoms with Crippen molar-refractivity contribution in [3.05, 3.63) is 39.7 Å². The highest BCUT2D eigenvalue weighted by atomic mass is 127. The molecule has 0 aliphatic heterocycles. The Bertz CT molecular complexity index is 622. The minimum Gasteiger partial charge on any atom is -0.467 e. The molecule has 0 radical (unpaired) electrons. The van der Waals surface area contributed by atoms with E-state index >= 15 is 0 Å². The van der Waals surface area contributed by atoms with Gasteiger partial charge in [0.1, 0.15) is 10.8 Å². The SMILES string of the molecule is CN=C(NCc1nc(C(C)C)c(C)s1)N(C)Cc1ccco1.I. The highest BCUT2D eigenvalue weighted by molar-refractivity contribution is 14.0. The van der Waals surface area contributed by atoms with Gasteiger partial charge in [0.05, 0.1) is 25.0 Å². The highest BCUT2D eigenvalue weighted by Gasteiger charge is 2.12. The molecule has 23 heavy (non-hydrogen) atoms. The maximum absolute atomic E-state index is 5.37. The molecule has 0 amide bonds. The van der Waals surface area contributed by atoms with Crippen LogP contribution in [-0.4, -0.2) is 29.9 Å². The Labute approximate surface area is 159 Å². The molecular weight excluding hydrogens is 423 g/mol. The van der Waals surface area contributed by atoms with Gasteiger partial charge in [-0.3, -0.25) is 4.99 Å². The molecule has 0 bridgehead atoms. The zero-order valence-electron chi connectivity index (χ0n) is 14.3. The number of aryl methyl sites for hydroxylation is 1. The summed E-state index contributed by atoms with van der Waals surface area (Å²) in [6.07, 6.45) is 1.69. The van der Waals surface area contributed by atoms with E-state index in [9.17, 15) is 0 Å². The molecule has 0 aromatic carbocycles. The lowest BCUT2D eigenvalue weighted by molar-refractivity contribution is 0.400. The number of hydrogen-bond donors (Lipinski definition) is 1. The molecule has 2 aromatic heterocycles. The molecule has 0 aliphatic rings. The second-order valence-corrected chi connectivity index (χ2v) is 6.83. The number of nitrogens with one attached hydrogen (secondary N) is 1. The van der Waals surface area contributed by atoms with Gasteiger partial charge in [0, 0.05) is 19.0 Å². The zero-order chi connectivity index (χ0) is 16.1. The molecule has 0 aliphatic carbocycles. The quantitative estimate of drug-likeness (QED) is 0.427. The van der Waals surface area contributed by atoms with Crippen LogP contribution in [0.2, 0.25) is 0 Å². The van der Waals surface area contributed by atoms with Gasteiger partial charge in [-0.05, 0) is 25.0 Å². The Kier molecular flexibility index (Phi) is 8.04. The Hall–Kier alpha value is -1.09. The van der Waals surface area contributed by atoms with Crippen LogP contribution in [0.3, 0.4) is 0 Å². The standard InChI is InChI=1S/C16H24N4OS.HI/c1-11(2)15-12(3)22-14(19-15)9-18-16(17-4)20(5)10-13-7-6-8-21-13;/h6-8,11H,9-10H2,1-5H3,(H,17,18);1H. The van der Waals surface area contributed by atoms with E-state index in [1.807, 2.05) is 24.1 Å². The lowest BCUT2D eigenvalue weighted by atomic mass is 10.1. The summed E-state index contributed by atoms with van der Waals surface area (Å²) >= 11 is 1.75. The lowest BCUT2D eigenvalue weighted by Crippen LogP contribution is -2.37. The molecule has 2 aromatic rings. The number of rotatable bonds is 5. The average molecular weight is 448 g/mol. The normalized spacial score (nSPS) is 11.5. The molecule has 0 unspecified atom stereocenters. The van der Waals surface area contributed by atoms with E-state index < -0.39 is 0 Å². The van der Waals surface area contributed by atoms with E-state index in [1.165, 1.54) is 10.6 Å². The third kappa shape index (κ3) is 5.49. The van der Waals surface area contributed by atoms with Gasteiger partial charge < -0.3 is 14.6 Å². The fraction of sp³-hybridized carbons (Fsp3) is 0.500. The van der Waals surface area contributed by atoms with Crippen LogP contribution in [0.4, 0.5) is 0 Å². The van der Waals surface area contributed by atoms with Gasteiger partial charge in [-0.2, -0.15) is 0 Å². The van der Waals surface area contributed by atoms with Crippen LogP contribution in [0.15, 0.2) is 27.8 Å². The average Bonchev–Trinajstić information content (AvgIpc) is 3.09. The molecule has 5 nitrogen and oxygen atoms in total. The number of guanidine groups is 1. The van der Waals surface area contributed by atoms with Crippen molar-refractivity contribution in [1.29, 1.82) is 0 Å². The van der Waals surface area contributed by atoms with Crippen LogP contribution < -0.4 is 5.32 Å². The molecule has 0 fully saturated rings. The zero-order valence-corrected chi connectivity index (χ0v) is 17.4. The van der Waals surface area contributed by atoms with Crippen LogP contribution in [0, 0.1) is 6.92 Å². The van der Waals surface area contributed by atoms with Crippen molar-refractivity contribution in [2.24, 2.45) is 4.99 Å². The monoisotopic (exact) mass is 448 g/mol. The van der Waals surface area contributed by atoms with Gasteiger partial charge in [0.2, 0.25) is 0 Å². The molecule has 2 rings (SSSR count). The van der Waals surface area contributed by atoms with Crippen molar-refractivity contribution in [3.8, 4) is 0 Å². The molecule has 0 atom stereocenters. The number of thiazole rings is 1. The maximum Gasteiger partial charge on any atom is 0.194 e. The van der Waals surface area contributed by atoms with E-state index in [4.69, 9.17) is 9.40 Å². The molecule has 1 N–H and O–H groups in total. The summed E-state index contributed by atoms with van der Waals surface area (Å²) < 4.78 is 5.37. The smallest absolute Gasteiger partial charge is 0.194 e. The van der Waals surface area contributed by atoms with Gasteiger partial charge in [0.25, 0.3) is 0 Å². The largest absolute Gasteiger partial charge is 0.467 e. The predicted molar refractivity (Wildman–Crippen MR) is 107 cm³/mol. The Morgan fingerprint density at radius 2 is 2.22 bits per heavy atom. The second kappa shape index (κ2) is 9.27. The van der Waals surface area contributed by atoms with E-state index in [1.54, 1.807) is 24.6 Å². The third-order valence-electron chi connectivity index (χ3n) is 3.37. The third-order valence-corrected chi connectivity index (χ3v) is 4.35. The number of halogens is 1. The summed E-state index contributed by atoms with van der Waals surface area (Å²) in [4.78, 5) is 12.4. The van der Waals surface area contributed by atoms with Crippen LogP contribution in [-0.2, 0) is 13.1 Å². The van der Waals surface area contributed by atoms with Gasteiger partial charge in [-0.25, -0.2) is 4.98 Å². The molecule has 128 valence electrons. The minimum atomic E-state index is 0. The van der Waals surface area contributed by atoms with E-state index in [2.05, 4.69) is 31.1 Å². The van der Waals surface area contributed by atoms with Crippen molar-refractivity contribution in [2.75, 3.05) is 14.1 Å². The fourth-order valence-corrected chi connectivity index (χ4v) is 3.35. The van der Waals surface area contributed by atoms with Crippen molar-refractivity contribution in [1.82, 2.24) is 15.2 Å². The van der Waals surface area contributed by atoms with Crippen LogP contribution in [0.25, 0.3) is 0 Å². The molecule has 0 saturated carbocycles. The number of hydrogen-bond acceptors (Lipinski definition) is 4. The van der Waals surface area contributed by atoms with Gasteiger partial charge in [-0.1, -0.05) is 13.8 Å². The summed E-state index contributed by atoms with van der Waals surface area (Å²) in [5.74, 6) is 2.21. The van der Waals surface area contributed by atoms with Crippen LogP contribution in [0.5, 0.6) is 0 Å². The first-order chi connectivity index (χ1) is 10.5. The molecule has 7 heteroatoms. The topological polar surface area (TPSA) is 53.7 Å². The Morgan fingerprint density at radius 1 is 1.48 bits per heavy atom. The minimum absolute atomic E-state index is 0. The fourth-order valence-electron chi connectivity index (χ4n) is 2.33. The molecule has 0 spiro atoms. The van der Waals surface area contributed by atoms with Gasteiger partial charge >= 0.3 is 0 Å². The lowest BCUT2D eigenvalue weighted by Gasteiger charge is -2.20. The summed E-state index contributed by atoms with van der Waals surface area (Å²) in [7, 11) is 3.78. The van der Waals surface area contributed by atoms with Crippen LogP contribution in [0.1, 0.15) is 41.1 Å². The highest BCUT2D eigenvalue weighted by Crippen LogP contribution is 2.23. The second-order valence-electron chi connectivity index (χ2n) is 5.54. The molecule has 2 heterocycles. The first-order valence-corrected chi connectivity index (χ1v) is 8.23. The number of aliphatic imine (C=N–C) groups is 1. The van der Waals surface area contributed by atoms with Crippen molar-refractivity contribution in [3.63, 3.8) is 0 Å². The number of nitrogens with zero attached hydrogens (tertiary/aromatic N) is 3. The van der Waals surface area contributed by atoms with Gasteiger partial charge in [-0.15, -0.1) is 35.3 Å². The van der Waals surface area contributed by atoms with Crippen molar-refractivity contribution >= 4 is 41.3 Å². The summed E-state index contributed by atoms with van der Waals surface area (Å²) in [5.41, 5.74) is 1.20. The van der Waals surface area contributed by atoms with Crippen molar-refractivity contribution < 1.29 is 4.42 Å². The predicted octanol–water partition coefficient (Wildman–Crippen LogP) is 3.99. The van der Waals surface area contributed by atoms with Crippen molar-refractivity contribution in [2.45, 2.75) is 39.8 Å². The van der Waals surface area contributed by atoms with E-state index in [0.29, 0.717) is 19.0 Å². The maximum atomic E-state index is 5.37.